The van der Waals surface area contributed by atoms with Gasteiger partial charge in [0.2, 0.25) is 0 Å². The van der Waals surface area contributed by atoms with Gasteiger partial charge in [0.15, 0.2) is 0 Å². The van der Waals surface area contributed by atoms with Gasteiger partial charge in [-0.25, -0.2) is 9.59 Å². The zero-order valence-corrected chi connectivity index (χ0v) is 11.5. The van der Waals surface area contributed by atoms with Crippen LogP contribution in [0.2, 0.25) is 0 Å². The van der Waals surface area contributed by atoms with Crippen molar-refractivity contribution < 1.29 is 19.1 Å². The summed E-state index contributed by atoms with van der Waals surface area (Å²) in [6, 6.07) is 3.07. The molecule has 0 aliphatic carbocycles. The van der Waals surface area contributed by atoms with Crippen LogP contribution in [0.25, 0.3) is 0 Å². The number of hydrogen-bond donors (Lipinski definition) is 2. The lowest BCUT2D eigenvalue weighted by atomic mass is 9.93. The number of amides is 2. The van der Waals surface area contributed by atoms with E-state index in [2.05, 4.69) is 5.32 Å². The number of rotatable bonds is 6. The van der Waals surface area contributed by atoms with E-state index in [0.29, 0.717) is 25.1 Å². The number of furan rings is 1. The first kappa shape index (κ1) is 15.1. The summed E-state index contributed by atoms with van der Waals surface area (Å²) in [6.07, 6.45) is 2.19. The van der Waals surface area contributed by atoms with E-state index >= 15 is 0 Å². The van der Waals surface area contributed by atoms with Crippen LogP contribution >= 0.6 is 0 Å². The van der Waals surface area contributed by atoms with Gasteiger partial charge in [-0.3, -0.25) is 0 Å². The van der Waals surface area contributed by atoms with Crippen molar-refractivity contribution >= 4 is 12.0 Å². The molecule has 1 aromatic heterocycles. The van der Waals surface area contributed by atoms with Crippen molar-refractivity contribution in [2.24, 2.45) is 0 Å². The topological polar surface area (TPSA) is 82.8 Å². The molecule has 0 radical (unpaired) electrons. The average Bonchev–Trinajstić information content (AvgIpc) is 2.88. The zero-order valence-electron chi connectivity index (χ0n) is 11.5. The fraction of sp³-hybridized carbons (Fsp3) is 0.538. The van der Waals surface area contributed by atoms with Crippen molar-refractivity contribution in [2.75, 3.05) is 7.05 Å². The smallest absolute Gasteiger partial charge is 0.329 e. The first-order valence-electron chi connectivity index (χ1n) is 6.24. The maximum absolute atomic E-state index is 12.0. The van der Waals surface area contributed by atoms with Crippen LogP contribution in [0.4, 0.5) is 4.79 Å². The van der Waals surface area contributed by atoms with Gasteiger partial charge in [0.1, 0.15) is 11.3 Å². The van der Waals surface area contributed by atoms with E-state index in [4.69, 9.17) is 4.42 Å². The van der Waals surface area contributed by atoms with Crippen LogP contribution in [0.3, 0.4) is 0 Å². The molecule has 0 aliphatic heterocycles. The number of nitrogens with zero attached hydrogens (tertiary/aromatic N) is 1. The fourth-order valence-corrected chi connectivity index (χ4v) is 1.79. The first-order chi connectivity index (χ1) is 8.95. The lowest BCUT2D eigenvalue weighted by Gasteiger charge is -2.30. The number of carbonyl (C=O) groups excluding carboxylic acids is 1. The summed E-state index contributed by atoms with van der Waals surface area (Å²) in [5, 5.41) is 11.8. The molecule has 1 aromatic rings. The third-order valence-corrected chi connectivity index (χ3v) is 3.28. The maximum Gasteiger partial charge on any atom is 0.329 e. The van der Waals surface area contributed by atoms with Crippen molar-refractivity contribution in [3.8, 4) is 0 Å². The quantitative estimate of drug-likeness (QED) is 0.827. The Morgan fingerprint density at radius 1 is 1.42 bits per heavy atom. The molecule has 0 atom stereocenters. The van der Waals surface area contributed by atoms with Gasteiger partial charge in [0, 0.05) is 7.05 Å². The molecule has 0 bridgehead atoms. The largest absolute Gasteiger partial charge is 0.480 e. The standard InChI is InChI=1S/C13H20N2O4/c1-4-13(5-2,11(16)17)14-12(18)15(3)9-10-7-6-8-19-10/h6-8H,4-5,9H2,1-3H3,(H,14,18)(H,16,17). The molecule has 1 heterocycles. The van der Waals surface area contributed by atoms with Crippen LogP contribution in [0.15, 0.2) is 22.8 Å². The van der Waals surface area contributed by atoms with Gasteiger partial charge in [-0.1, -0.05) is 13.8 Å². The summed E-state index contributed by atoms with van der Waals surface area (Å²) >= 11 is 0. The Hall–Kier alpha value is -1.98. The van der Waals surface area contributed by atoms with Crippen LogP contribution in [0.1, 0.15) is 32.4 Å². The zero-order chi connectivity index (χ0) is 14.5. The van der Waals surface area contributed by atoms with Crippen molar-refractivity contribution in [3.63, 3.8) is 0 Å². The van der Waals surface area contributed by atoms with E-state index in [9.17, 15) is 14.7 Å². The lowest BCUT2D eigenvalue weighted by Crippen LogP contribution is -2.56. The van der Waals surface area contributed by atoms with Crippen LogP contribution in [0.5, 0.6) is 0 Å². The molecule has 106 valence electrons. The van der Waals surface area contributed by atoms with Gasteiger partial charge in [0.05, 0.1) is 12.8 Å². The van der Waals surface area contributed by atoms with E-state index in [1.165, 1.54) is 11.2 Å². The SMILES string of the molecule is CCC(CC)(NC(=O)N(C)Cc1ccco1)C(=O)O. The highest BCUT2D eigenvalue weighted by Crippen LogP contribution is 2.16. The van der Waals surface area contributed by atoms with Gasteiger partial charge in [-0.15, -0.1) is 0 Å². The Morgan fingerprint density at radius 2 is 2.05 bits per heavy atom. The second kappa shape index (κ2) is 6.26. The summed E-state index contributed by atoms with van der Waals surface area (Å²) in [7, 11) is 1.59. The molecule has 6 nitrogen and oxygen atoms in total. The van der Waals surface area contributed by atoms with Gasteiger partial charge in [0.25, 0.3) is 0 Å². The van der Waals surface area contributed by atoms with Gasteiger partial charge in [-0.05, 0) is 25.0 Å². The minimum Gasteiger partial charge on any atom is -0.480 e. The Bertz CT molecular complexity index is 424. The highest BCUT2D eigenvalue weighted by Gasteiger charge is 2.37. The summed E-state index contributed by atoms with van der Waals surface area (Å²) < 4.78 is 5.15. The molecule has 0 saturated heterocycles. The molecule has 1 rings (SSSR count). The van der Waals surface area contributed by atoms with Crippen LogP contribution in [-0.4, -0.2) is 34.6 Å². The van der Waals surface area contributed by atoms with Crippen molar-refractivity contribution in [3.05, 3.63) is 24.2 Å². The van der Waals surface area contributed by atoms with E-state index in [-0.39, 0.29) is 0 Å². The predicted molar refractivity (Wildman–Crippen MR) is 69.7 cm³/mol. The summed E-state index contributed by atoms with van der Waals surface area (Å²) in [4.78, 5) is 24.7. The minimum atomic E-state index is -1.21. The number of nitrogens with one attached hydrogen (secondary N) is 1. The number of carboxylic acids is 1. The third-order valence-electron chi connectivity index (χ3n) is 3.28. The molecule has 0 spiro atoms. The Morgan fingerprint density at radius 3 is 2.47 bits per heavy atom. The van der Waals surface area contributed by atoms with Crippen LogP contribution in [0, 0.1) is 0 Å². The number of hydrogen-bond acceptors (Lipinski definition) is 3. The molecular formula is C13H20N2O4. The van der Waals surface area contributed by atoms with E-state index < -0.39 is 17.5 Å². The number of carbonyl (C=O) groups is 2. The second-order valence-electron chi connectivity index (χ2n) is 4.46. The molecule has 2 amide bonds. The molecule has 0 aliphatic rings. The Kier molecular flexibility index (Phi) is 4.97. The Balaban J connectivity index is 2.69. The molecule has 19 heavy (non-hydrogen) atoms. The molecule has 0 saturated carbocycles. The molecule has 0 aromatic carbocycles. The molecule has 2 N–H and O–H groups in total. The van der Waals surface area contributed by atoms with E-state index in [1.54, 1.807) is 33.0 Å². The summed E-state index contributed by atoms with van der Waals surface area (Å²) in [5.74, 6) is -0.371. The average molecular weight is 268 g/mol. The van der Waals surface area contributed by atoms with Gasteiger partial charge >= 0.3 is 12.0 Å². The second-order valence-corrected chi connectivity index (χ2v) is 4.46. The van der Waals surface area contributed by atoms with Crippen molar-refractivity contribution in [2.45, 2.75) is 38.8 Å². The number of aliphatic carboxylic acids is 1. The van der Waals surface area contributed by atoms with E-state index in [1.807, 2.05) is 0 Å². The van der Waals surface area contributed by atoms with Crippen LogP contribution < -0.4 is 5.32 Å². The molecular weight excluding hydrogens is 248 g/mol. The predicted octanol–water partition coefficient (Wildman–Crippen LogP) is 2.06. The van der Waals surface area contributed by atoms with Gasteiger partial charge < -0.3 is 19.7 Å². The fourth-order valence-electron chi connectivity index (χ4n) is 1.79. The first-order valence-corrected chi connectivity index (χ1v) is 6.24. The third kappa shape index (κ3) is 3.49. The Labute approximate surface area is 112 Å². The lowest BCUT2D eigenvalue weighted by molar-refractivity contribution is -0.144. The number of urea groups is 1. The van der Waals surface area contributed by atoms with Crippen molar-refractivity contribution in [1.82, 2.24) is 10.2 Å². The highest BCUT2D eigenvalue weighted by atomic mass is 16.4. The van der Waals surface area contributed by atoms with Crippen LogP contribution in [-0.2, 0) is 11.3 Å². The normalized spacial score (nSPS) is 11.1. The minimum absolute atomic E-state index is 0.294. The molecule has 0 fully saturated rings. The molecule has 0 unspecified atom stereocenters. The van der Waals surface area contributed by atoms with E-state index in [0.717, 1.165) is 0 Å². The van der Waals surface area contributed by atoms with Crippen molar-refractivity contribution in [1.29, 1.82) is 0 Å². The highest BCUT2D eigenvalue weighted by molar-refractivity contribution is 5.86. The monoisotopic (exact) mass is 268 g/mol. The number of carboxylic acid groups (broad SMARTS) is 1. The molecule has 6 heteroatoms. The van der Waals surface area contributed by atoms with Gasteiger partial charge in [-0.2, -0.15) is 0 Å². The summed E-state index contributed by atoms with van der Waals surface area (Å²) in [5.41, 5.74) is -1.21. The maximum atomic E-state index is 12.0. The summed E-state index contributed by atoms with van der Waals surface area (Å²) in [6.45, 7) is 3.77.